The summed E-state index contributed by atoms with van der Waals surface area (Å²) in [5, 5.41) is 10.2. The summed E-state index contributed by atoms with van der Waals surface area (Å²) < 4.78 is 23.9. The number of sulfone groups is 1. The monoisotopic (exact) mass is 361 g/mol. The molecule has 0 bridgehead atoms. The van der Waals surface area contributed by atoms with Gasteiger partial charge in [-0.05, 0) is 37.6 Å². The fourth-order valence-corrected chi connectivity index (χ4v) is 4.73. The molecule has 1 aliphatic rings. The number of benzene rings is 1. The van der Waals surface area contributed by atoms with Crippen molar-refractivity contribution >= 4 is 25.8 Å². The van der Waals surface area contributed by atoms with Gasteiger partial charge in [-0.2, -0.15) is 0 Å². The normalized spacial score (nSPS) is 23.1. The lowest BCUT2D eigenvalue weighted by atomic mass is 10.1. The molecule has 2 rings (SSSR count). The molecule has 1 saturated heterocycles. The second-order valence-corrected chi connectivity index (χ2v) is 8.54. The van der Waals surface area contributed by atoms with Crippen molar-refractivity contribution in [2.24, 2.45) is 0 Å². The molecule has 2 atom stereocenters. The molecule has 1 aliphatic heterocycles. The summed E-state index contributed by atoms with van der Waals surface area (Å²) in [5.41, 5.74) is 0.881. The molecule has 6 heteroatoms. The molecule has 20 heavy (non-hydrogen) atoms. The van der Waals surface area contributed by atoms with Gasteiger partial charge >= 0.3 is 0 Å². The molecular weight excluding hydrogens is 342 g/mol. The van der Waals surface area contributed by atoms with E-state index < -0.39 is 15.9 Å². The summed E-state index contributed by atoms with van der Waals surface area (Å²) in [6.07, 6.45) is 0.781. The third-order valence-corrected chi connectivity index (χ3v) is 6.06. The number of aliphatic hydroxyl groups excluding tert-OH is 1. The van der Waals surface area contributed by atoms with E-state index in [4.69, 9.17) is 0 Å². The van der Waals surface area contributed by atoms with E-state index in [2.05, 4.69) is 15.9 Å². The minimum absolute atomic E-state index is 0.0923. The Bertz CT molecular complexity index is 561. The van der Waals surface area contributed by atoms with Crippen molar-refractivity contribution in [1.82, 2.24) is 4.90 Å². The smallest absolute Gasteiger partial charge is 0.151 e. The second kappa shape index (κ2) is 6.56. The van der Waals surface area contributed by atoms with Crippen LogP contribution in [-0.2, 0) is 9.84 Å². The Morgan fingerprint density at radius 2 is 2.25 bits per heavy atom. The highest BCUT2D eigenvalue weighted by Gasteiger charge is 2.30. The third kappa shape index (κ3) is 4.28. The van der Waals surface area contributed by atoms with Gasteiger partial charge in [0.25, 0.3) is 0 Å². The van der Waals surface area contributed by atoms with Gasteiger partial charge in [-0.15, -0.1) is 0 Å². The van der Waals surface area contributed by atoms with Crippen LogP contribution in [0.15, 0.2) is 28.7 Å². The molecule has 1 aromatic carbocycles. The van der Waals surface area contributed by atoms with Gasteiger partial charge < -0.3 is 10.0 Å². The second-order valence-electron chi connectivity index (χ2n) is 5.40. The predicted molar refractivity (Wildman–Crippen MR) is 83.4 cm³/mol. The molecule has 0 aromatic heterocycles. The van der Waals surface area contributed by atoms with Crippen LogP contribution in [0.2, 0.25) is 0 Å². The van der Waals surface area contributed by atoms with E-state index in [1.54, 1.807) is 0 Å². The topological polar surface area (TPSA) is 57.6 Å². The lowest BCUT2D eigenvalue weighted by Gasteiger charge is -2.24. The maximum absolute atomic E-state index is 11.5. The molecule has 1 heterocycles. The van der Waals surface area contributed by atoms with E-state index in [0.717, 1.165) is 10.0 Å². The average molecular weight is 362 g/mol. The van der Waals surface area contributed by atoms with Crippen LogP contribution in [0.25, 0.3) is 0 Å². The fourth-order valence-electron chi connectivity index (χ4n) is 2.51. The largest absolute Gasteiger partial charge is 0.388 e. The van der Waals surface area contributed by atoms with Gasteiger partial charge in [-0.1, -0.05) is 28.1 Å². The summed E-state index contributed by atoms with van der Waals surface area (Å²) in [6, 6.07) is 7.72. The zero-order valence-electron chi connectivity index (χ0n) is 11.5. The van der Waals surface area contributed by atoms with Gasteiger partial charge in [-0.3, -0.25) is 0 Å². The van der Waals surface area contributed by atoms with Crippen LogP contribution in [0, 0.1) is 0 Å². The van der Waals surface area contributed by atoms with E-state index >= 15 is 0 Å². The number of rotatable bonds is 5. The van der Waals surface area contributed by atoms with Crippen LogP contribution < -0.4 is 0 Å². The predicted octanol–water partition coefficient (Wildman–Crippen LogP) is 1.99. The highest BCUT2D eigenvalue weighted by molar-refractivity contribution is 9.10. The summed E-state index contributed by atoms with van der Waals surface area (Å²) in [7, 11) is -0.917. The van der Waals surface area contributed by atoms with E-state index in [1.807, 2.05) is 36.2 Å². The first-order chi connectivity index (χ1) is 9.37. The molecule has 0 aliphatic carbocycles. The lowest BCUT2D eigenvalue weighted by Crippen LogP contribution is -2.34. The van der Waals surface area contributed by atoms with Gasteiger partial charge in [-0.25, -0.2) is 8.42 Å². The Labute approximate surface area is 128 Å². The standard InChI is InChI=1S/C14H20BrNO3S/c1-16(13-6-8-20(18,19)10-13)7-5-14(17)11-3-2-4-12(15)9-11/h2-4,9,13-14,17H,5-8,10H2,1H3. The highest BCUT2D eigenvalue weighted by atomic mass is 79.9. The van der Waals surface area contributed by atoms with Crippen LogP contribution in [-0.4, -0.2) is 49.6 Å². The highest BCUT2D eigenvalue weighted by Crippen LogP contribution is 2.22. The van der Waals surface area contributed by atoms with E-state index in [1.165, 1.54) is 0 Å². The average Bonchev–Trinajstić information content (AvgIpc) is 2.76. The summed E-state index contributed by atoms with van der Waals surface area (Å²) >= 11 is 3.39. The minimum atomic E-state index is -2.85. The molecule has 0 radical (unpaired) electrons. The molecule has 0 amide bonds. The number of hydrogen-bond donors (Lipinski definition) is 1. The van der Waals surface area contributed by atoms with Gasteiger partial charge in [0.1, 0.15) is 0 Å². The van der Waals surface area contributed by atoms with Crippen LogP contribution in [0.3, 0.4) is 0 Å². The molecule has 1 fully saturated rings. The van der Waals surface area contributed by atoms with Crippen molar-refractivity contribution in [3.05, 3.63) is 34.3 Å². The number of hydrogen-bond acceptors (Lipinski definition) is 4. The van der Waals surface area contributed by atoms with E-state index in [0.29, 0.717) is 19.4 Å². The molecule has 4 nitrogen and oxygen atoms in total. The molecular formula is C14H20BrNO3S. The van der Waals surface area contributed by atoms with Crippen molar-refractivity contribution in [3.63, 3.8) is 0 Å². The number of nitrogens with zero attached hydrogens (tertiary/aromatic N) is 1. The molecule has 112 valence electrons. The maximum atomic E-state index is 11.5. The van der Waals surface area contributed by atoms with Gasteiger partial charge in [0, 0.05) is 17.1 Å². The van der Waals surface area contributed by atoms with Gasteiger partial charge in [0.05, 0.1) is 17.6 Å². The van der Waals surface area contributed by atoms with Crippen LogP contribution in [0.5, 0.6) is 0 Å². The molecule has 2 unspecified atom stereocenters. The third-order valence-electron chi connectivity index (χ3n) is 3.82. The fraction of sp³-hybridized carbons (Fsp3) is 0.571. The zero-order valence-corrected chi connectivity index (χ0v) is 13.9. The van der Waals surface area contributed by atoms with Crippen molar-refractivity contribution in [1.29, 1.82) is 0 Å². The van der Waals surface area contributed by atoms with E-state index in [-0.39, 0.29) is 17.5 Å². The Kier molecular flexibility index (Phi) is 5.23. The minimum Gasteiger partial charge on any atom is -0.388 e. The van der Waals surface area contributed by atoms with Crippen LogP contribution >= 0.6 is 15.9 Å². The first-order valence-electron chi connectivity index (χ1n) is 6.71. The van der Waals surface area contributed by atoms with Crippen molar-refractivity contribution < 1.29 is 13.5 Å². The number of halogens is 1. The first kappa shape index (κ1) is 15.9. The quantitative estimate of drug-likeness (QED) is 0.871. The Morgan fingerprint density at radius 1 is 1.50 bits per heavy atom. The maximum Gasteiger partial charge on any atom is 0.151 e. The molecule has 0 spiro atoms. The Hall–Kier alpha value is -0.430. The summed E-state index contributed by atoms with van der Waals surface area (Å²) in [5.74, 6) is 0.534. The zero-order chi connectivity index (χ0) is 14.8. The molecule has 0 saturated carbocycles. The lowest BCUT2D eigenvalue weighted by molar-refractivity contribution is 0.140. The first-order valence-corrected chi connectivity index (χ1v) is 9.33. The van der Waals surface area contributed by atoms with Gasteiger partial charge in [0.15, 0.2) is 9.84 Å². The molecule has 1 N–H and O–H groups in total. The van der Waals surface area contributed by atoms with Gasteiger partial charge in [0.2, 0.25) is 0 Å². The van der Waals surface area contributed by atoms with Crippen LogP contribution in [0.4, 0.5) is 0 Å². The van der Waals surface area contributed by atoms with E-state index in [9.17, 15) is 13.5 Å². The van der Waals surface area contributed by atoms with Crippen molar-refractivity contribution in [3.8, 4) is 0 Å². The van der Waals surface area contributed by atoms with Crippen molar-refractivity contribution in [2.45, 2.75) is 25.0 Å². The van der Waals surface area contributed by atoms with Crippen LogP contribution in [0.1, 0.15) is 24.5 Å². The summed E-state index contributed by atoms with van der Waals surface area (Å²) in [6.45, 7) is 0.688. The number of aliphatic hydroxyl groups is 1. The Balaban J connectivity index is 1.86. The van der Waals surface area contributed by atoms with Crippen molar-refractivity contribution in [2.75, 3.05) is 25.1 Å². The SMILES string of the molecule is CN(CCC(O)c1cccc(Br)c1)C1CCS(=O)(=O)C1. The Morgan fingerprint density at radius 3 is 2.85 bits per heavy atom. The summed E-state index contributed by atoms with van der Waals surface area (Å²) in [4.78, 5) is 2.05. The molecule has 1 aromatic rings.